The van der Waals surface area contributed by atoms with E-state index in [1.807, 2.05) is 6.92 Å². The predicted molar refractivity (Wildman–Crippen MR) is 84.2 cm³/mol. The minimum atomic E-state index is -0.454. The summed E-state index contributed by atoms with van der Waals surface area (Å²) in [5, 5.41) is 3.26. The van der Waals surface area contributed by atoms with Crippen LogP contribution in [0.25, 0.3) is 0 Å². The van der Waals surface area contributed by atoms with Crippen molar-refractivity contribution in [3.63, 3.8) is 0 Å². The molecule has 122 valence electrons. The monoisotopic (exact) mass is 315 g/mol. The van der Waals surface area contributed by atoms with Gasteiger partial charge in [-0.15, -0.1) is 0 Å². The maximum Gasteiger partial charge on any atom is 0.336 e. The Morgan fingerprint density at radius 2 is 2.13 bits per heavy atom. The summed E-state index contributed by atoms with van der Waals surface area (Å²) in [6.07, 6.45) is 4.44. The number of H-pyrrole nitrogens is 1. The molecule has 6 nitrogen and oxygen atoms in total. The number of allylic oxidation sites excluding steroid dienone is 3. The highest BCUT2D eigenvalue weighted by Gasteiger charge is 2.43. The van der Waals surface area contributed by atoms with Crippen molar-refractivity contribution in [3.05, 3.63) is 40.8 Å². The second-order valence-electron chi connectivity index (χ2n) is 6.93. The van der Waals surface area contributed by atoms with Gasteiger partial charge in [-0.1, -0.05) is 13.8 Å². The highest BCUT2D eigenvalue weighted by Crippen LogP contribution is 2.46. The van der Waals surface area contributed by atoms with Crippen LogP contribution in [0, 0.1) is 5.41 Å². The number of carbonyl (C=O) groups excluding carboxylic acids is 2. The number of ketones is 1. The number of nitrogens with zero attached hydrogens (tertiary/aromatic N) is 1. The van der Waals surface area contributed by atoms with E-state index in [0.29, 0.717) is 17.6 Å². The lowest BCUT2D eigenvalue weighted by Gasteiger charge is -2.38. The zero-order chi connectivity index (χ0) is 16.8. The Kier molecular flexibility index (Phi) is 3.62. The van der Waals surface area contributed by atoms with E-state index in [1.165, 1.54) is 7.11 Å². The highest BCUT2D eigenvalue weighted by molar-refractivity contribution is 6.04. The number of ether oxygens (including phenoxy) is 1. The van der Waals surface area contributed by atoms with Gasteiger partial charge in [0.1, 0.15) is 0 Å². The van der Waals surface area contributed by atoms with Crippen LogP contribution in [0.2, 0.25) is 0 Å². The zero-order valence-electron chi connectivity index (χ0n) is 13.8. The van der Waals surface area contributed by atoms with E-state index >= 15 is 0 Å². The summed E-state index contributed by atoms with van der Waals surface area (Å²) in [5.41, 5.74) is 3.37. The summed E-state index contributed by atoms with van der Waals surface area (Å²) < 4.78 is 4.94. The molecule has 6 heteroatoms. The van der Waals surface area contributed by atoms with Crippen molar-refractivity contribution >= 4 is 11.8 Å². The molecule has 1 atom stereocenters. The van der Waals surface area contributed by atoms with Crippen LogP contribution in [0.1, 0.15) is 45.2 Å². The first-order valence-electron chi connectivity index (χ1n) is 7.64. The number of Topliss-reactive ketones (excluding diaryl/α,β-unsaturated/α-hetero) is 1. The number of aromatic nitrogens is 2. The van der Waals surface area contributed by atoms with Crippen molar-refractivity contribution in [3.8, 4) is 0 Å². The number of carbonyl (C=O) groups is 2. The van der Waals surface area contributed by atoms with E-state index in [-0.39, 0.29) is 11.2 Å². The number of dihydropyridines is 1. The first-order chi connectivity index (χ1) is 10.8. The Morgan fingerprint density at radius 1 is 1.39 bits per heavy atom. The molecular weight excluding hydrogens is 294 g/mol. The van der Waals surface area contributed by atoms with Crippen LogP contribution < -0.4 is 5.32 Å². The normalized spacial score (nSPS) is 23.5. The van der Waals surface area contributed by atoms with E-state index < -0.39 is 11.9 Å². The fourth-order valence-corrected chi connectivity index (χ4v) is 3.55. The number of methoxy groups -OCH3 is 1. The van der Waals surface area contributed by atoms with Gasteiger partial charge in [-0.05, 0) is 18.8 Å². The highest BCUT2D eigenvalue weighted by atomic mass is 16.5. The lowest BCUT2D eigenvalue weighted by atomic mass is 9.69. The molecule has 0 radical (unpaired) electrons. The molecule has 1 aromatic rings. The van der Waals surface area contributed by atoms with Crippen molar-refractivity contribution in [2.45, 2.75) is 39.5 Å². The third-order valence-electron chi connectivity index (χ3n) is 4.48. The van der Waals surface area contributed by atoms with Gasteiger partial charge in [-0.25, -0.2) is 9.78 Å². The Labute approximate surface area is 135 Å². The largest absolute Gasteiger partial charge is 0.466 e. The molecule has 0 aromatic carbocycles. The van der Waals surface area contributed by atoms with Crippen LogP contribution in [0.5, 0.6) is 0 Å². The third kappa shape index (κ3) is 2.58. The van der Waals surface area contributed by atoms with Gasteiger partial charge in [0, 0.05) is 35.3 Å². The summed E-state index contributed by atoms with van der Waals surface area (Å²) in [6.45, 7) is 6.00. The quantitative estimate of drug-likeness (QED) is 0.817. The maximum absolute atomic E-state index is 12.8. The molecule has 0 spiro atoms. The maximum atomic E-state index is 12.8. The Bertz CT molecular complexity index is 726. The number of aromatic amines is 1. The zero-order valence-corrected chi connectivity index (χ0v) is 13.8. The molecule has 0 bridgehead atoms. The number of rotatable bonds is 2. The molecule has 0 saturated heterocycles. The molecule has 0 unspecified atom stereocenters. The molecule has 0 amide bonds. The van der Waals surface area contributed by atoms with E-state index in [2.05, 4.69) is 29.1 Å². The van der Waals surface area contributed by atoms with Crippen LogP contribution >= 0.6 is 0 Å². The number of hydrogen-bond acceptors (Lipinski definition) is 5. The van der Waals surface area contributed by atoms with E-state index in [1.54, 1.807) is 12.5 Å². The molecule has 2 heterocycles. The van der Waals surface area contributed by atoms with Crippen LogP contribution in [0.4, 0.5) is 0 Å². The Balaban J connectivity index is 2.17. The molecular formula is C17H21N3O3. The number of hydrogen-bond donors (Lipinski definition) is 2. The smallest absolute Gasteiger partial charge is 0.336 e. The molecule has 23 heavy (non-hydrogen) atoms. The summed E-state index contributed by atoms with van der Waals surface area (Å²) in [6, 6.07) is 0. The summed E-state index contributed by atoms with van der Waals surface area (Å²) in [4.78, 5) is 32.2. The average molecular weight is 315 g/mol. The minimum Gasteiger partial charge on any atom is -0.466 e. The lowest BCUT2D eigenvalue weighted by molar-refractivity contribution is -0.136. The molecule has 1 aliphatic carbocycles. The second kappa shape index (κ2) is 5.37. The van der Waals surface area contributed by atoms with Gasteiger partial charge in [-0.3, -0.25) is 4.79 Å². The summed E-state index contributed by atoms with van der Waals surface area (Å²) in [7, 11) is 1.35. The molecule has 1 aliphatic heterocycles. The molecule has 0 fully saturated rings. The average Bonchev–Trinajstić information content (AvgIpc) is 2.97. The molecule has 3 rings (SSSR count). The van der Waals surface area contributed by atoms with Crippen molar-refractivity contribution in [1.29, 1.82) is 0 Å². The topological polar surface area (TPSA) is 84.1 Å². The van der Waals surface area contributed by atoms with Crippen molar-refractivity contribution in [2.75, 3.05) is 7.11 Å². The number of esters is 1. The third-order valence-corrected chi connectivity index (χ3v) is 4.48. The van der Waals surface area contributed by atoms with Gasteiger partial charge in [0.25, 0.3) is 0 Å². The number of imidazole rings is 1. The minimum absolute atomic E-state index is 0.0669. The van der Waals surface area contributed by atoms with Crippen LogP contribution in [-0.2, 0) is 14.3 Å². The van der Waals surface area contributed by atoms with Gasteiger partial charge >= 0.3 is 5.97 Å². The van der Waals surface area contributed by atoms with Gasteiger partial charge in [0.15, 0.2) is 5.78 Å². The van der Waals surface area contributed by atoms with Crippen LogP contribution in [-0.4, -0.2) is 28.8 Å². The van der Waals surface area contributed by atoms with E-state index in [9.17, 15) is 9.59 Å². The van der Waals surface area contributed by atoms with Crippen molar-refractivity contribution in [2.24, 2.45) is 5.41 Å². The van der Waals surface area contributed by atoms with Gasteiger partial charge < -0.3 is 15.0 Å². The van der Waals surface area contributed by atoms with Crippen molar-refractivity contribution in [1.82, 2.24) is 15.3 Å². The summed E-state index contributed by atoms with van der Waals surface area (Å²) >= 11 is 0. The second-order valence-corrected chi connectivity index (χ2v) is 6.93. The van der Waals surface area contributed by atoms with Crippen LogP contribution in [0.3, 0.4) is 0 Å². The fraction of sp³-hybridized carbons (Fsp3) is 0.471. The standard InChI is InChI=1S/C17H21N3O3/c1-9-13(16(22)23-4)15(11-7-18-8-19-11)14-10(20-9)5-17(2,3)6-12(14)21/h7-8,15,20H,5-6H2,1-4H3,(H,18,19)/t15-/m1/s1. The SMILES string of the molecule is COC(=O)C1=C(C)NC2=C(C(=O)CC(C)(C)C2)[C@@H]1c1cnc[nH]1. The first kappa shape index (κ1) is 15.5. The van der Waals surface area contributed by atoms with Gasteiger partial charge in [0.05, 0.1) is 24.9 Å². The van der Waals surface area contributed by atoms with E-state index in [0.717, 1.165) is 23.5 Å². The van der Waals surface area contributed by atoms with Crippen molar-refractivity contribution < 1.29 is 14.3 Å². The molecule has 2 N–H and O–H groups in total. The predicted octanol–water partition coefficient (Wildman–Crippen LogP) is 2.19. The first-order valence-corrected chi connectivity index (χ1v) is 7.64. The van der Waals surface area contributed by atoms with E-state index in [4.69, 9.17) is 4.74 Å². The molecule has 2 aliphatic rings. The van der Waals surface area contributed by atoms with Crippen LogP contribution in [0.15, 0.2) is 35.1 Å². The van der Waals surface area contributed by atoms with Gasteiger partial charge in [-0.2, -0.15) is 0 Å². The fourth-order valence-electron chi connectivity index (χ4n) is 3.55. The lowest BCUT2D eigenvalue weighted by Crippen LogP contribution is -2.38. The molecule has 1 aromatic heterocycles. The Hall–Kier alpha value is -2.37. The summed E-state index contributed by atoms with van der Waals surface area (Å²) in [5.74, 6) is -0.819. The number of nitrogens with one attached hydrogen (secondary N) is 2. The Morgan fingerprint density at radius 3 is 2.74 bits per heavy atom. The van der Waals surface area contributed by atoms with Gasteiger partial charge in [0.2, 0.25) is 0 Å². The molecule has 0 saturated carbocycles.